The lowest BCUT2D eigenvalue weighted by molar-refractivity contribution is 0.348. The molecule has 1 rings (SSSR count). The van der Waals surface area contributed by atoms with Crippen LogP contribution in [0.25, 0.3) is 0 Å². The third-order valence-corrected chi connectivity index (χ3v) is 3.16. The Morgan fingerprint density at radius 3 is 2.63 bits per heavy atom. The Balaban J connectivity index is 2.33. The molecule has 0 unspecified atom stereocenters. The number of unbranched alkanes of at least 4 members (excludes halogenated alkanes) is 3. The van der Waals surface area contributed by atoms with Gasteiger partial charge in [-0.2, -0.15) is 0 Å². The second-order valence-corrected chi connectivity index (χ2v) is 4.65. The number of nitrogens with zero attached hydrogens (tertiary/aromatic N) is 1. The molecule has 0 amide bonds. The molecule has 0 spiro atoms. The molecule has 1 heterocycles. The first kappa shape index (κ1) is 16.1. The molecule has 0 bridgehead atoms. The van der Waals surface area contributed by atoms with E-state index in [1.54, 1.807) is 26.5 Å². The van der Waals surface area contributed by atoms with Crippen LogP contribution in [0.1, 0.15) is 31.4 Å². The number of ether oxygens (including phenoxy) is 2. The zero-order chi connectivity index (χ0) is 13.9. The Morgan fingerprint density at radius 1 is 1.16 bits per heavy atom. The quantitative estimate of drug-likeness (QED) is 0.530. The molecule has 108 valence electrons. The van der Waals surface area contributed by atoms with Gasteiger partial charge in [0, 0.05) is 24.7 Å². The molecule has 19 heavy (non-hydrogen) atoms. The van der Waals surface area contributed by atoms with Gasteiger partial charge in [-0.1, -0.05) is 12.8 Å². The molecular weight excluding hydrogens is 264 g/mol. The fraction of sp³-hybridized carbons (Fsp3) is 0.643. The summed E-state index contributed by atoms with van der Waals surface area (Å²) in [5.41, 5.74) is 0.877. The van der Waals surface area contributed by atoms with Gasteiger partial charge in [-0.15, -0.1) is 11.6 Å². The lowest BCUT2D eigenvalue weighted by atomic mass is 10.2. The van der Waals surface area contributed by atoms with Crippen molar-refractivity contribution in [1.82, 2.24) is 10.3 Å². The number of nitrogens with one attached hydrogen (secondary N) is 1. The summed E-state index contributed by atoms with van der Waals surface area (Å²) in [4.78, 5) is 4.32. The van der Waals surface area contributed by atoms with Gasteiger partial charge in [0.2, 0.25) is 0 Å². The van der Waals surface area contributed by atoms with E-state index in [0.717, 1.165) is 36.7 Å². The zero-order valence-corrected chi connectivity index (χ0v) is 12.5. The lowest BCUT2D eigenvalue weighted by Gasteiger charge is -2.12. The van der Waals surface area contributed by atoms with Gasteiger partial charge in [-0.25, -0.2) is 0 Å². The van der Waals surface area contributed by atoms with E-state index in [4.69, 9.17) is 21.1 Å². The topological polar surface area (TPSA) is 43.4 Å². The molecule has 0 saturated heterocycles. The van der Waals surface area contributed by atoms with Gasteiger partial charge in [-0.3, -0.25) is 4.98 Å². The number of aromatic nitrogens is 1. The maximum absolute atomic E-state index is 5.63. The molecular formula is C14H23ClN2O2. The van der Waals surface area contributed by atoms with Crippen molar-refractivity contribution < 1.29 is 9.47 Å². The van der Waals surface area contributed by atoms with E-state index in [-0.39, 0.29) is 0 Å². The zero-order valence-electron chi connectivity index (χ0n) is 11.7. The standard InChI is InChI=1S/C14H23ClN2O2/c1-18-13-7-10-17-12(14(13)19-2)11-16-9-6-4-3-5-8-15/h7,10,16H,3-6,8-9,11H2,1-2H3. The third-order valence-electron chi connectivity index (χ3n) is 2.90. The summed E-state index contributed by atoms with van der Waals surface area (Å²) in [5.74, 6) is 2.19. The highest BCUT2D eigenvalue weighted by Crippen LogP contribution is 2.28. The average Bonchev–Trinajstić information content (AvgIpc) is 2.45. The summed E-state index contributed by atoms with van der Waals surface area (Å²) in [6.45, 7) is 1.67. The number of rotatable bonds is 10. The van der Waals surface area contributed by atoms with Crippen LogP contribution in [-0.4, -0.2) is 31.6 Å². The Bertz CT molecular complexity index is 361. The fourth-order valence-electron chi connectivity index (χ4n) is 1.88. The monoisotopic (exact) mass is 286 g/mol. The second-order valence-electron chi connectivity index (χ2n) is 4.27. The van der Waals surface area contributed by atoms with Crippen molar-refractivity contribution in [1.29, 1.82) is 0 Å². The second kappa shape index (κ2) is 9.87. The SMILES string of the molecule is COc1ccnc(CNCCCCCCCl)c1OC. The van der Waals surface area contributed by atoms with Crippen LogP contribution in [0.15, 0.2) is 12.3 Å². The molecule has 5 heteroatoms. The summed E-state index contributed by atoms with van der Waals surface area (Å²) in [6.07, 6.45) is 6.41. The van der Waals surface area contributed by atoms with Crippen LogP contribution < -0.4 is 14.8 Å². The molecule has 0 aliphatic heterocycles. The number of alkyl halides is 1. The van der Waals surface area contributed by atoms with E-state index in [2.05, 4.69) is 10.3 Å². The summed E-state index contributed by atoms with van der Waals surface area (Å²) in [6, 6.07) is 1.80. The lowest BCUT2D eigenvalue weighted by Crippen LogP contribution is -2.16. The summed E-state index contributed by atoms with van der Waals surface area (Å²) in [5, 5.41) is 3.37. The van der Waals surface area contributed by atoms with Crippen LogP contribution in [0.5, 0.6) is 11.5 Å². The van der Waals surface area contributed by atoms with Crippen LogP contribution in [-0.2, 0) is 6.54 Å². The van der Waals surface area contributed by atoms with Crippen molar-refractivity contribution >= 4 is 11.6 Å². The van der Waals surface area contributed by atoms with Gasteiger partial charge in [0.05, 0.1) is 19.9 Å². The van der Waals surface area contributed by atoms with Gasteiger partial charge in [0.15, 0.2) is 11.5 Å². The van der Waals surface area contributed by atoms with E-state index < -0.39 is 0 Å². The van der Waals surface area contributed by atoms with Gasteiger partial charge in [-0.05, 0) is 19.4 Å². The van der Waals surface area contributed by atoms with Crippen LogP contribution in [0.2, 0.25) is 0 Å². The molecule has 0 atom stereocenters. The Kier molecular flexibility index (Phi) is 8.34. The van der Waals surface area contributed by atoms with E-state index in [1.807, 2.05) is 0 Å². The minimum atomic E-state index is 0.690. The smallest absolute Gasteiger partial charge is 0.183 e. The van der Waals surface area contributed by atoms with Crippen molar-refractivity contribution in [3.63, 3.8) is 0 Å². The molecule has 0 saturated carbocycles. The molecule has 1 aromatic heterocycles. The molecule has 0 fully saturated rings. The first-order valence-electron chi connectivity index (χ1n) is 6.66. The van der Waals surface area contributed by atoms with E-state index in [9.17, 15) is 0 Å². The summed E-state index contributed by atoms with van der Waals surface area (Å²) >= 11 is 5.63. The molecule has 1 N–H and O–H groups in total. The molecule has 0 aromatic carbocycles. The first-order chi connectivity index (χ1) is 9.33. The van der Waals surface area contributed by atoms with Crippen molar-refractivity contribution in [3.8, 4) is 11.5 Å². The predicted molar refractivity (Wildman–Crippen MR) is 78.2 cm³/mol. The Hall–Kier alpha value is -1.00. The summed E-state index contributed by atoms with van der Waals surface area (Å²) in [7, 11) is 3.27. The number of halogens is 1. The maximum Gasteiger partial charge on any atom is 0.183 e. The van der Waals surface area contributed by atoms with Gasteiger partial charge in [0.1, 0.15) is 0 Å². The fourth-order valence-corrected chi connectivity index (χ4v) is 2.07. The average molecular weight is 287 g/mol. The number of hydrogen-bond donors (Lipinski definition) is 1. The van der Waals surface area contributed by atoms with E-state index in [1.165, 1.54) is 12.8 Å². The van der Waals surface area contributed by atoms with Crippen LogP contribution in [0, 0.1) is 0 Å². The third kappa shape index (κ3) is 5.66. The Labute approximate surface area is 120 Å². The van der Waals surface area contributed by atoms with Crippen LogP contribution in [0.3, 0.4) is 0 Å². The summed E-state index contributed by atoms with van der Waals surface area (Å²) < 4.78 is 10.6. The van der Waals surface area contributed by atoms with Crippen molar-refractivity contribution in [2.24, 2.45) is 0 Å². The molecule has 1 aromatic rings. The van der Waals surface area contributed by atoms with Crippen LogP contribution >= 0.6 is 11.6 Å². The minimum absolute atomic E-state index is 0.690. The predicted octanol–water partition coefficient (Wildman–Crippen LogP) is 2.99. The molecule has 0 radical (unpaired) electrons. The van der Waals surface area contributed by atoms with Crippen molar-refractivity contribution in [3.05, 3.63) is 18.0 Å². The highest BCUT2D eigenvalue weighted by Gasteiger charge is 2.09. The molecule has 4 nitrogen and oxygen atoms in total. The normalized spacial score (nSPS) is 10.5. The molecule has 0 aliphatic rings. The van der Waals surface area contributed by atoms with E-state index in [0.29, 0.717) is 12.3 Å². The highest BCUT2D eigenvalue weighted by atomic mass is 35.5. The largest absolute Gasteiger partial charge is 0.493 e. The molecule has 0 aliphatic carbocycles. The Morgan fingerprint density at radius 2 is 1.95 bits per heavy atom. The highest BCUT2D eigenvalue weighted by molar-refractivity contribution is 6.17. The number of methoxy groups -OCH3 is 2. The maximum atomic E-state index is 5.63. The van der Waals surface area contributed by atoms with Crippen molar-refractivity contribution in [2.75, 3.05) is 26.6 Å². The van der Waals surface area contributed by atoms with Gasteiger partial charge >= 0.3 is 0 Å². The van der Waals surface area contributed by atoms with Gasteiger partial charge < -0.3 is 14.8 Å². The minimum Gasteiger partial charge on any atom is -0.493 e. The number of pyridine rings is 1. The van der Waals surface area contributed by atoms with E-state index >= 15 is 0 Å². The number of hydrogen-bond acceptors (Lipinski definition) is 4. The van der Waals surface area contributed by atoms with Crippen molar-refractivity contribution in [2.45, 2.75) is 32.2 Å². The van der Waals surface area contributed by atoms with Crippen LogP contribution in [0.4, 0.5) is 0 Å². The first-order valence-corrected chi connectivity index (χ1v) is 7.19. The van der Waals surface area contributed by atoms with Gasteiger partial charge in [0.25, 0.3) is 0 Å².